The minimum Gasteiger partial charge on any atom is -0.309 e. The van der Waals surface area contributed by atoms with E-state index < -0.39 is 10.8 Å². The Morgan fingerprint density at radius 2 is 0.806 bits per heavy atom. The summed E-state index contributed by atoms with van der Waals surface area (Å²) in [5.74, 6) is 0. The molecule has 11 aromatic carbocycles. The molecule has 1 spiro atoms. The van der Waals surface area contributed by atoms with E-state index in [1.165, 1.54) is 139 Å². The average Bonchev–Trinajstić information content (AvgIpc) is 4.11. The molecule has 4 aliphatic rings. The number of benzene rings is 11. The molecule has 0 unspecified atom stereocenters. The van der Waals surface area contributed by atoms with Gasteiger partial charge in [-0.2, -0.15) is 0 Å². The van der Waals surface area contributed by atoms with E-state index in [2.05, 4.69) is 267 Å². The first-order valence-electron chi connectivity index (χ1n) is 25.5. The molecule has 0 saturated carbocycles. The van der Waals surface area contributed by atoms with Gasteiger partial charge in [-0.15, -0.1) is 0 Å². The second-order valence-corrected chi connectivity index (χ2v) is 21.0. The Hall–Kier alpha value is -8.78. The number of aromatic nitrogens is 1. The van der Waals surface area contributed by atoms with Gasteiger partial charge in [0.15, 0.2) is 0 Å². The molecule has 0 saturated heterocycles. The van der Waals surface area contributed by atoms with Crippen LogP contribution >= 0.6 is 0 Å². The van der Waals surface area contributed by atoms with E-state index in [-0.39, 0.29) is 5.41 Å². The van der Waals surface area contributed by atoms with Gasteiger partial charge < -0.3 is 4.57 Å². The van der Waals surface area contributed by atoms with E-state index >= 15 is 0 Å². The molecule has 2 heterocycles. The van der Waals surface area contributed by atoms with Gasteiger partial charge in [-0.1, -0.05) is 226 Å². The maximum absolute atomic E-state index is 2.57. The maximum atomic E-state index is 2.57. The fourth-order valence-corrected chi connectivity index (χ4v) is 14.6. The first-order valence-corrected chi connectivity index (χ1v) is 25.5. The first-order chi connectivity index (χ1) is 35.5. The van der Waals surface area contributed by atoms with Gasteiger partial charge in [0, 0.05) is 16.2 Å². The van der Waals surface area contributed by atoms with E-state index in [1.54, 1.807) is 0 Å². The molecule has 16 rings (SSSR count). The highest BCUT2D eigenvalue weighted by atomic mass is 15.0. The van der Waals surface area contributed by atoms with Gasteiger partial charge in [0.1, 0.15) is 0 Å². The molecular formula is C71H47N. The van der Waals surface area contributed by atoms with Crippen molar-refractivity contribution in [2.24, 2.45) is 0 Å². The molecule has 0 radical (unpaired) electrons. The standard InChI is InChI=1S/C71H47N/c1-69(2)57-29-13-9-24-49(57)52-38-36-44(42-63(52)69)46-41-55(67-54-27-12-16-32-60(54)70(64(67)43-46,47-20-5-3-6-21-47)48-22-7-4-8-23-48)45-37-39-65-56(40-45)53-28-19-34-62-68(53)72(65)66-35-18-17-33-61(66)71(62)58-30-14-10-25-50(58)51-26-11-15-31-59(51)71/h3-43H,1-2H3. The van der Waals surface area contributed by atoms with Gasteiger partial charge >= 0.3 is 0 Å². The van der Waals surface area contributed by atoms with Crippen LogP contribution in [0.1, 0.15) is 69.5 Å². The van der Waals surface area contributed by atoms with Gasteiger partial charge in [-0.25, -0.2) is 0 Å². The van der Waals surface area contributed by atoms with Crippen molar-refractivity contribution >= 4 is 21.8 Å². The lowest BCUT2D eigenvalue weighted by atomic mass is 9.65. The van der Waals surface area contributed by atoms with Crippen LogP contribution in [-0.4, -0.2) is 4.57 Å². The highest BCUT2D eigenvalue weighted by Crippen LogP contribution is 2.63. The van der Waals surface area contributed by atoms with Crippen LogP contribution in [0.15, 0.2) is 249 Å². The Morgan fingerprint density at radius 1 is 0.292 bits per heavy atom. The lowest BCUT2D eigenvalue weighted by Crippen LogP contribution is -2.33. The number of nitrogens with zero attached hydrogens (tertiary/aromatic N) is 1. The van der Waals surface area contributed by atoms with Crippen molar-refractivity contribution in [3.05, 3.63) is 304 Å². The minimum atomic E-state index is -0.564. The summed E-state index contributed by atoms with van der Waals surface area (Å²) in [6, 6.07) is 94.8. The van der Waals surface area contributed by atoms with Gasteiger partial charge in [-0.3, -0.25) is 0 Å². The largest absolute Gasteiger partial charge is 0.309 e. The van der Waals surface area contributed by atoms with E-state index in [0.29, 0.717) is 0 Å². The predicted octanol–water partition coefficient (Wildman–Crippen LogP) is 17.5. The molecule has 0 N–H and O–H groups in total. The van der Waals surface area contributed by atoms with E-state index in [9.17, 15) is 0 Å². The fraction of sp³-hybridized carbons (Fsp3) is 0.0704. The summed E-state index contributed by atoms with van der Waals surface area (Å²) >= 11 is 0. The molecule has 0 fully saturated rings. The second-order valence-electron chi connectivity index (χ2n) is 21.0. The van der Waals surface area contributed by atoms with Crippen molar-refractivity contribution in [3.8, 4) is 61.3 Å². The lowest BCUT2D eigenvalue weighted by molar-refractivity contribution is 0.660. The Bertz CT molecular complexity index is 4210. The quantitative estimate of drug-likeness (QED) is 0.166. The third-order valence-electron chi connectivity index (χ3n) is 17.5. The van der Waals surface area contributed by atoms with Crippen LogP contribution in [0.3, 0.4) is 0 Å². The monoisotopic (exact) mass is 913 g/mol. The van der Waals surface area contributed by atoms with Gasteiger partial charge in [0.05, 0.1) is 27.6 Å². The number of fused-ring (bicyclic) bond motifs is 18. The van der Waals surface area contributed by atoms with Crippen LogP contribution in [0.25, 0.3) is 83.1 Å². The van der Waals surface area contributed by atoms with Crippen molar-refractivity contribution in [2.45, 2.75) is 30.1 Å². The number of rotatable bonds is 4. The maximum Gasteiger partial charge on any atom is 0.0754 e. The van der Waals surface area contributed by atoms with Gasteiger partial charge in [0.25, 0.3) is 0 Å². The van der Waals surface area contributed by atoms with Crippen molar-refractivity contribution in [1.82, 2.24) is 4.57 Å². The smallest absolute Gasteiger partial charge is 0.0754 e. The normalized spacial score (nSPS) is 15.1. The van der Waals surface area contributed by atoms with Crippen LogP contribution in [0.4, 0.5) is 0 Å². The van der Waals surface area contributed by atoms with E-state index in [0.717, 1.165) is 0 Å². The molecule has 1 nitrogen and oxygen atoms in total. The summed E-state index contributed by atoms with van der Waals surface area (Å²) in [5, 5.41) is 2.53. The lowest BCUT2D eigenvalue weighted by Gasteiger charge is -2.39. The molecule has 3 aliphatic carbocycles. The minimum absolute atomic E-state index is 0.128. The number of hydrogen-bond donors (Lipinski definition) is 0. The number of hydrogen-bond acceptors (Lipinski definition) is 0. The van der Waals surface area contributed by atoms with Crippen molar-refractivity contribution in [1.29, 1.82) is 0 Å². The SMILES string of the molecule is CC1(C)c2ccccc2-c2ccc(-c3cc(-c4ccc5c(c4)c4cccc6c4n5-c4ccccc4C64c5ccccc5-c5ccccc54)c4c(c3)C(c3ccccc3)(c3ccccc3)c3ccccc3-4)cc21. The molecule has 336 valence electrons. The molecule has 0 atom stereocenters. The molecule has 0 bridgehead atoms. The van der Waals surface area contributed by atoms with Crippen molar-refractivity contribution in [3.63, 3.8) is 0 Å². The van der Waals surface area contributed by atoms with Crippen LogP contribution in [0, 0.1) is 0 Å². The van der Waals surface area contributed by atoms with Crippen LogP contribution in [0.5, 0.6) is 0 Å². The fourth-order valence-electron chi connectivity index (χ4n) is 14.6. The summed E-state index contributed by atoms with van der Waals surface area (Å²) < 4.78 is 2.57. The number of para-hydroxylation sites is 2. The van der Waals surface area contributed by atoms with Gasteiger partial charge in [-0.05, 0) is 148 Å². The van der Waals surface area contributed by atoms with E-state index in [1.807, 2.05) is 0 Å². The summed E-state index contributed by atoms with van der Waals surface area (Å²) in [4.78, 5) is 0. The summed E-state index contributed by atoms with van der Waals surface area (Å²) in [6.07, 6.45) is 0. The molecule has 1 aromatic heterocycles. The Kier molecular flexibility index (Phi) is 7.88. The van der Waals surface area contributed by atoms with Crippen LogP contribution < -0.4 is 0 Å². The highest BCUT2D eigenvalue weighted by molar-refractivity contribution is 6.14. The Balaban J connectivity index is 1.00. The van der Waals surface area contributed by atoms with Crippen LogP contribution in [0.2, 0.25) is 0 Å². The van der Waals surface area contributed by atoms with Crippen molar-refractivity contribution in [2.75, 3.05) is 0 Å². The zero-order valence-electron chi connectivity index (χ0n) is 40.1. The molecule has 12 aromatic rings. The molecule has 1 heteroatoms. The third kappa shape index (κ3) is 4.84. The summed E-state index contributed by atoms with van der Waals surface area (Å²) in [7, 11) is 0. The van der Waals surface area contributed by atoms with E-state index in [4.69, 9.17) is 0 Å². The average molecular weight is 914 g/mol. The zero-order valence-corrected chi connectivity index (χ0v) is 40.1. The summed E-state index contributed by atoms with van der Waals surface area (Å²) in [5.41, 5.74) is 28.7. The topological polar surface area (TPSA) is 4.93 Å². The molecule has 0 amide bonds. The molecular weight excluding hydrogens is 867 g/mol. The van der Waals surface area contributed by atoms with Crippen LogP contribution in [-0.2, 0) is 16.2 Å². The molecule has 72 heavy (non-hydrogen) atoms. The highest BCUT2D eigenvalue weighted by Gasteiger charge is 2.51. The Labute approximate surface area is 420 Å². The first kappa shape index (κ1) is 40.0. The third-order valence-corrected chi connectivity index (χ3v) is 17.5. The second kappa shape index (κ2) is 14.2. The zero-order chi connectivity index (χ0) is 47.5. The Morgan fingerprint density at radius 3 is 1.49 bits per heavy atom. The predicted molar refractivity (Wildman–Crippen MR) is 297 cm³/mol. The summed E-state index contributed by atoms with van der Waals surface area (Å²) in [6.45, 7) is 4.78. The van der Waals surface area contributed by atoms with Gasteiger partial charge in [0.2, 0.25) is 0 Å². The molecule has 1 aliphatic heterocycles. The van der Waals surface area contributed by atoms with Crippen molar-refractivity contribution < 1.29 is 0 Å².